The van der Waals surface area contributed by atoms with Gasteiger partial charge in [-0.25, -0.2) is 0 Å². The van der Waals surface area contributed by atoms with E-state index in [4.69, 9.17) is 4.74 Å². The molecule has 18 heavy (non-hydrogen) atoms. The van der Waals surface area contributed by atoms with Gasteiger partial charge in [0.25, 0.3) is 5.69 Å². The normalized spacial score (nSPS) is 15.8. The Morgan fingerprint density at radius 1 is 1.39 bits per heavy atom. The van der Waals surface area contributed by atoms with Crippen LogP contribution >= 0.6 is 12.4 Å². The number of hydrogen-bond donors (Lipinski definition) is 1. The summed E-state index contributed by atoms with van der Waals surface area (Å²) >= 11 is 0. The van der Waals surface area contributed by atoms with Crippen LogP contribution in [-0.2, 0) is 0 Å². The average molecular weight is 273 g/mol. The first kappa shape index (κ1) is 14.7. The van der Waals surface area contributed by atoms with Crippen LogP contribution in [0, 0.1) is 17.0 Å². The lowest BCUT2D eigenvalue weighted by Crippen LogP contribution is -2.34. The van der Waals surface area contributed by atoms with Crippen LogP contribution in [0.5, 0.6) is 5.75 Å². The maximum absolute atomic E-state index is 10.7. The van der Waals surface area contributed by atoms with E-state index in [0.29, 0.717) is 5.56 Å². The molecule has 2 rings (SSSR count). The SMILES string of the molecule is Cc1cc(OC2CCNCC2)ccc1[N+](=O)[O-].Cl. The summed E-state index contributed by atoms with van der Waals surface area (Å²) in [6.45, 7) is 3.67. The number of ether oxygens (including phenoxy) is 1. The number of nitro benzene ring substituents is 1. The molecule has 1 fully saturated rings. The van der Waals surface area contributed by atoms with Crippen LogP contribution in [0.2, 0.25) is 0 Å². The summed E-state index contributed by atoms with van der Waals surface area (Å²) in [7, 11) is 0. The zero-order valence-corrected chi connectivity index (χ0v) is 11.0. The minimum Gasteiger partial charge on any atom is -0.490 e. The minimum absolute atomic E-state index is 0. The zero-order chi connectivity index (χ0) is 12.3. The molecule has 0 bridgehead atoms. The molecular weight excluding hydrogens is 256 g/mol. The lowest BCUT2D eigenvalue weighted by molar-refractivity contribution is -0.385. The van der Waals surface area contributed by atoms with Crippen LogP contribution in [0.3, 0.4) is 0 Å². The van der Waals surface area contributed by atoms with Crippen LogP contribution in [0.1, 0.15) is 18.4 Å². The fraction of sp³-hybridized carbons (Fsp3) is 0.500. The summed E-state index contributed by atoms with van der Waals surface area (Å²) in [5.41, 5.74) is 0.782. The number of nitrogens with one attached hydrogen (secondary N) is 1. The van der Waals surface area contributed by atoms with Crippen LogP contribution < -0.4 is 10.1 Å². The van der Waals surface area contributed by atoms with Gasteiger partial charge in [0.1, 0.15) is 11.9 Å². The van der Waals surface area contributed by atoms with E-state index in [1.807, 2.05) is 0 Å². The van der Waals surface area contributed by atoms with Crippen molar-refractivity contribution in [1.82, 2.24) is 5.32 Å². The van der Waals surface area contributed by atoms with Crippen LogP contribution in [-0.4, -0.2) is 24.1 Å². The van der Waals surface area contributed by atoms with Crippen molar-refractivity contribution in [3.05, 3.63) is 33.9 Å². The molecule has 0 saturated carbocycles. The highest BCUT2D eigenvalue weighted by atomic mass is 35.5. The van der Waals surface area contributed by atoms with Crippen molar-refractivity contribution < 1.29 is 9.66 Å². The Kier molecular flexibility index (Phi) is 5.37. The number of halogens is 1. The monoisotopic (exact) mass is 272 g/mol. The predicted octanol–water partition coefficient (Wildman–Crippen LogP) is 2.46. The van der Waals surface area contributed by atoms with E-state index >= 15 is 0 Å². The van der Waals surface area contributed by atoms with Crippen LogP contribution in [0.4, 0.5) is 5.69 Å². The molecule has 0 amide bonds. The summed E-state index contributed by atoms with van der Waals surface area (Å²) in [6.07, 6.45) is 2.18. The Morgan fingerprint density at radius 3 is 2.61 bits per heavy atom. The molecular formula is C12H17ClN2O3. The van der Waals surface area contributed by atoms with Gasteiger partial charge < -0.3 is 10.1 Å². The van der Waals surface area contributed by atoms with Gasteiger partial charge >= 0.3 is 0 Å². The van der Waals surface area contributed by atoms with Crippen molar-refractivity contribution in [1.29, 1.82) is 0 Å². The molecule has 0 radical (unpaired) electrons. The van der Waals surface area contributed by atoms with Crippen molar-refractivity contribution in [2.24, 2.45) is 0 Å². The standard InChI is InChI=1S/C12H16N2O3.ClH/c1-9-8-11(2-3-12(9)14(15)16)17-10-4-6-13-7-5-10;/h2-3,8,10,13H,4-7H2,1H3;1H. The quantitative estimate of drug-likeness (QED) is 0.678. The molecule has 1 aromatic carbocycles. The van der Waals surface area contributed by atoms with Crippen molar-refractivity contribution >= 4 is 18.1 Å². The minimum atomic E-state index is -0.371. The van der Waals surface area contributed by atoms with E-state index in [1.165, 1.54) is 6.07 Å². The molecule has 0 spiro atoms. The van der Waals surface area contributed by atoms with Crippen molar-refractivity contribution in [2.45, 2.75) is 25.9 Å². The van der Waals surface area contributed by atoms with E-state index in [2.05, 4.69) is 5.32 Å². The second kappa shape index (κ2) is 6.56. The fourth-order valence-corrected chi connectivity index (χ4v) is 2.01. The van der Waals surface area contributed by atoms with Gasteiger partial charge in [-0.1, -0.05) is 0 Å². The molecule has 1 aromatic rings. The molecule has 100 valence electrons. The largest absolute Gasteiger partial charge is 0.490 e. The molecule has 6 heteroatoms. The smallest absolute Gasteiger partial charge is 0.272 e. The van der Waals surface area contributed by atoms with E-state index in [-0.39, 0.29) is 29.1 Å². The Hall–Kier alpha value is -1.33. The Labute approximate surface area is 112 Å². The van der Waals surface area contributed by atoms with Crippen molar-refractivity contribution in [3.63, 3.8) is 0 Å². The molecule has 1 aliphatic rings. The van der Waals surface area contributed by atoms with Gasteiger partial charge in [-0.2, -0.15) is 0 Å². The van der Waals surface area contributed by atoms with Gasteiger partial charge in [0.05, 0.1) is 4.92 Å². The number of nitro groups is 1. The third kappa shape index (κ3) is 3.58. The molecule has 0 atom stereocenters. The summed E-state index contributed by atoms with van der Waals surface area (Å²) < 4.78 is 5.81. The maximum Gasteiger partial charge on any atom is 0.272 e. The Morgan fingerprint density at radius 2 is 2.06 bits per heavy atom. The predicted molar refractivity (Wildman–Crippen MR) is 71.6 cm³/mol. The highest BCUT2D eigenvalue weighted by Gasteiger charge is 2.16. The lowest BCUT2D eigenvalue weighted by atomic mass is 10.1. The van der Waals surface area contributed by atoms with Gasteiger partial charge in [0, 0.05) is 11.6 Å². The molecule has 0 unspecified atom stereocenters. The number of hydrogen-bond acceptors (Lipinski definition) is 4. The maximum atomic E-state index is 10.7. The lowest BCUT2D eigenvalue weighted by Gasteiger charge is -2.23. The molecule has 1 N–H and O–H groups in total. The number of piperidine rings is 1. The summed E-state index contributed by atoms with van der Waals surface area (Å²) in [4.78, 5) is 10.3. The number of nitrogens with zero attached hydrogens (tertiary/aromatic N) is 1. The van der Waals surface area contributed by atoms with Gasteiger partial charge in [0.15, 0.2) is 0 Å². The topological polar surface area (TPSA) is 64.4 Å². The third-order valence-electron chi connectivity index (χ3n) is 2.95. The zero-order valence-electron chi connectivity index (χ0n) is 10.2. The first-order valence-corrected chi connectivity index (χ1v) is 5.79. The van der Waals surface area contributed by atoms with Gasteiger partial charge in [-0.05, 0) is 45.0 Å². The molecule has 0 aromatic heterocycles. The van der Waals surface area contributed by atoms with Gasteiger partial charge in [-0.15, -0.1) is 12.4 Å². The average Bonchev–Trinajstić information content (AvgIpc) is 2.30. The van der Waals surface area contributed by atoms with Gasteiger partial charge in [0.2, 0.25) is 0 Å². The second-order valence-corrected chi connectivity index (χ2v) is 4.27. The second-order valence-electron chi connectivity index (χ2n) is 4.27. The molecule has 5 nitrogen and oxygen atoms in total. The Balaban J connectivity index is 0.00000162. The van der Waals surface area contributed by atoms with Crippen LogP contribution in [0.15, 0.2) is 18.2 Å². The first-order valence-electron chi connectivity index (χ1n) is 5.79. The highest BCUT2D eigenvalue weighted by Crippen LogP contribution is 2.24. The number of benzene rings is 1. The van der Waals surface area contributed by atoms with Crippen molar-refractivity contribution in [3.8, 4) is 5.75 Å². The van der Waals surface area contributed by atoms with E-state index in [0.717, 1.165) is 31.7 Å². The van der Waals surface area contributed by atoms with E-state index < -0.39 is 0 Å². The summed E-state index contributed by atoms with van der Waals surface area (Å²) in [5, 5.41) is 13.9. The highest BCUT2D eigenvalue weighted by molar-refractivity contribution is 5.85. The molecule has 1 aliphatic heterocycles. The summed E-state index contributed by atoms with van der Waals surface area (Å²) in [6, 6.07) is 4.92. The number of rotatable bonds is 3. The fourth-order valence-electron chi connectivity index (χ4n) is 2.01. The van der Waals surface area contributed by atoms with Crippen molar-refractivity contribution in [2.75, 3.05) is 13.1 Å². The van der Waals surface area contributed by atoms with Gasteiger partial charge in [-0.3, -0.25) is 10.1 Å². The molecule has 1 saturated heterocycles. The Bertz CT molecular complexity index is 420. The van der Waals surface area contributed by atoms with E-state index in [9.17, 15) is 10.1 Å². The summed E-state index contributed by atoms with van der Waals surface area (Å²) in [5.74, 6) is 0.722. The molecule has 0 aliphatic carbocycles. The van der Waals surface area contributed by atoms with Crippen LogP contribution in [0.25, 0.3) is 0 Å². The molecule has 1 heterocycles. The van der Waals surface area contributed by atoms with E-state index in [1.54, 1.807) is 19.1 Å². The number of aryl methyl sites for hydroxylation is 1. The third-order valence-corrected chi connectivity index (χ3v) is 2.95. The first-order chi connectivity index (χ1) is 8.16.